The summed E-state index contributed by atoms with van der Waals surface area (Å²) in [6.07, 6.45) is 0.389. The van der Waals surface area contributed by atoms with Crippen LogP contribution in [0.2, 0.25) is 0 Å². The molecule has 0 radical (unpaired) electrons. The van der Waals surface area contributed by atoms with E-state index in [2.05, 4.69) is 4.72 Å². The fraction of sp³-hybridized carbons (Fsp3) is 0.500. The van der Waals surface area contributed by atoms with E-state index in [1.165, 1.54) is 26.4 Å². The molecule has 1 unspecified atom stereocenters. The van der Waals surface area contributed by atoms with Gasteiger partial charge in [-0.3, -0.25) is 9.35 Å². The van der Waals surface area contributed by atoms with Gasteiger partial charge in [0.15, 0.2) is 5.79 Å². The van der Waals surface area contributed by atoms with Gasteiger partial charge in [0.25, 0.3) is 0 Å². The van der Waals surface area contributed by atoms with Gasteiger partial charge < -0.3 is 15.2 Å². The number of amides is 1. The predicted octanol–water partition coefficient (Wildman–Crippen LogP) is 0.558. The van der Waals surface area contributed by atoms with Crippen LogP contribution in [-0.4, -0.2) is 34.7 Å². The summed E-state index contributed by atoms with van der Waals surface area (Å²) < 4.78 is 46.2. The van der Waals surface area contributed by atoms with Gasteiger partial charge in [-0.25, -0.2) is 13.3 Å². The van der Waals surface area contributed by atoms with E-state index in [9.17, 15) is 13.4 Å². The first-order valence-corrected chi connectivity index (χ1v) is 7.93. The fourth-order valence-electron chi connectivity index (χ4n) is 2.89. The Bertz CT molecular complexity index is 628. The lowest BCUT2D eigenvalue weighted by Crippen LogP contribution is -2.62. The predicted molar refractivity (Wildman–Crippen MR) is 80.9 cm³/mol. The number of nitrogens with two attached hydrogens (primary N) is 1. The van der Waals surface area contributed by atoms with E-state index in [0.717, 1.165) is 0 Å². The number of methoxy groups -OCH3 is 2. The molecule has 0 saturated heterocycles. The van der Waals surface area contributed by atoms with Crippen LogP contribution < -0.4 is 10.5 Å². The van der Waals surface area contributed by atoms with Crippen molar-refractivity contribution in [3.8, 4) is 0 Å². The summed E-state index contributed by atoms with van der Waals surface area (Å²) in [5, 5.41) is 0. The van der Waals surface area contributed by atoms with E-state index >= 15 is 0 Å². The van der Waals surface area contributed by atoms with E-state index in [1.807, 2.05) is 0 Å². The second-order valence-electron chi connectivity index (χ2n) is 5.50. The average Bonchev–Trinajstić information content (AvgIpc) is 2.46. The number of primary amides is 1. The Morgan fingerprint density at radius 1 is 1.43 bits per heavy atom. The standard InChI is InChI=1S/C14H19FN2O5S/c1-21-14(22-2)7-13(8-14,12(16)18)10-4-3-9(11(15)5-10)6-17-23(19)20/h3-5,17H,6-8H2,1-2H3,(H2,16,18)(H,19,20). The first-order chi connectivity index (χ1) is 10.8. The van der Waals surface area contributed by atoms with E-state index in [-0.39, 0.29) is 24.9 Å². The van der Waals surface area contributed by atoms with Crippen molar-refractivity contribution < 1.29 is 27.4 Å². The van der Waals surface area contributed by atoms with Gasteiger partial charge in [0.2, 0.25) is 17.2 Å². The highest BCUT2D eigenvalue weighted by Gasteiger charge is 2.60. The molecule has 23 heavy (non-hydrogen) atoms. The molecule has 0 aliphatic heterocycles. The van der Waals surface area contributed by atoms with E-state index in [4.69, 9.17) is 19.8 Å². The minimum absolute atomic E-state index is 0.112. The number of hydrogen-bond donors (Lipinski definition) is 3. The minimum Gasteiger partial charge on any atom is -0.369 e. The van der Waals surface area contributed by atoms with E-state index < -0.39 is 34.2 Å². The quantitative estimate of drug-likeness (QED) is 0.493. The number of benzene rings is 1. The van der Waals surface area contributed by atoms with Crippen LogP contribution in [0.5, 0.6) is 0 Å². The molecule has 2 rings (SSSR count). The normalized spacial score (nSPS) is 19.8. The number of nitrogens with one attached hydrogen (secondary N) is 1. The van der Waals surface area contributed by atoms with Crippen molar-refractivity contribution in [2.45, 2.75) is 30.6 Å². The molecule has 0 spiro atoms. The third-order valence-corrected chi connectivity index (χ3v) is 4.74. The molecule has 1 aromatic rings. The summed E-state index contributed by atoms with van der Waals surface area (Å²) in [7, 11) is 2.94. The third-order valence-electron chi connectivity index (χ3n) is 4.35. The highest BCUT2D eigenvalue weighted by Crippen LogP contribution is 2.52. The summed E-state index contributed by atoms with van der Waals surface area (Å²) in [6, 6.07) is 4.26. The molecule has 1 atom stereocenters. The first-order valence-electron chi connectivity index (χ1n) is 6.82. The van der Waals surface area contributed by atoms with Crippen molar-refractivity contribution in [2.24, 2.45) is 5.73 Å². The molecule has 1 fully saturated rings. The van der Waals surface area contributed by atoms with Crippen LogP contribution in [0.3, 0.4) is 0 Å². The molecule has 1 saturated carbocycles. The van der Waals surface area contributed by atoms with Crippen molar-refractivity contribution in [1.82, 2.24) is 4.72 Å². The van der Waals surface area contributed by atoms with E-state index in [0.29, 0.717) is 5.56 Å². The number of hydrogen-bond acceptors (Lipinski definition) is 4. The summed E-state index contributed by atoms with van der Waals surface area (Å²) >= 11 is -2.23. The maximum atomic E-state index is 14.2. The monoisotopic (exact) mass is 346 g/mol. The first kappa shape index (κ1) is 18.0. The Morgan fingerprint density at radius 3 is 2.48 bits per heavy atom. The van der Waals surface area contributed by atoms with E-state index in [1.54, 1.807) is 6.07 Å². The molecule has 1 aromatic carbocycles. The van der Waals surface area contributed by atoms with Gasteiger partial charge in [-0.15, -0.1) is 0 Å². The Labute approximate surface area is 135 Å². The molecule has 1 aliphatic rings. The number of rotatable bonds is 7. The van der Waals surface area contributed by atoms with Crippen LogP contribution in [0.4, 0.5) is 4.39 Å². The zero-order chi connectivity index (χ0) is 17.3. The highest BCUT2D eigenvalue weighted by molar-refractivity contribution is 7.77. The molecule has 4 N–H and O–H groups in total. The molecule has 128 valence electrons. The molecule has 0 bridgehead atoms. The molecule has 0 heterocycles. The second-order valence-corrected chi connectivity index (χ2v) is 6.28. The van der Waals surface area contributed by atoms with Crippen molar-refractivity contribution in [3.05, 3.63) is 35.1 Å². The Morgan fingerprint density at radius 2 is 2.04 bits per heavy atom. The van der Waals surface area contributed by atoms with Crippen LogP contribution in [0.1, 0.15) is 24.0 Å². The Hall–Kier alpha value is -1.39. The molecule has 1 aliphatic carbocycles. The number of ether oxygens (including phenoxy) is 2. The van der Waals surface area contributed by atoms with Gasteiger partial charge in [0, 0.05) is 39.2 Å². The van der Waals surface area contributed by atoms with Crippen molar-refractivity contribution in [3.63, 3.8) is 0 Å². The molecular formula is C14H19FN2O5S. The Kier molecular flexibility index (Phi) is 5.17. The number of halogens is 1. The van der Waals surface area contributed by atoms with Crippen LogP contribution in [0.15, 0.2) is 18.2 Å². The van der Waals surface area contributed by atoms with Crippen LogP contribution >= 0.6 is 0 Å². The average molecular weight is 346 g/mol. The van der Waals surface area contributed by atoms with Gasteiger partial charge in [0.1, 0.15) is 5.82 Å². The van der Waals surface area contributed by atoms with Gasteiger partial charge >= 0.3 is 0 Å². The van der Waals surface area contributed by atoms with Crippen molar-refractivity contribution in [1.29, 1.82) is 0 Å². The van der Waals surface area contributed by atoms with Crippen molar-refractivity contribution >= 4 is 17.2 Å². The topological polar surface area (TPSA) is 111 Å². The molecule has 0 aromatic heterocycles. The zero-order valence-electron chi connectivity index (χ0n) is 12.8. The lowest BCUT2D eigenvalue weighted by Gasteiger charge is -2.52. The summed E-state index contributed by atoms with van der Waals surface area (Å²) in [4.78, 5) is 11.9. The summed E-state index contributed by atoms with van der Waals surface area (Å²) in [5.41, 5.74) is 5.11. The Balaban J connectivity index is 2.27. The highest BCUT2D eigenvalue weighted by atomic mass is 32.2. The third kappa shape index (κ3) is 3.29. The van der Waals surface area contributed by atoms with Gasteiger partial charge in [-0.1, -0.05) is 12.1 Å². The second kappa shape index (κ2) is 6.62. The van der Waals surface area contributed by atoms with Gasteiger partial charge in [-0.05, 0) is 11.6 Å². The summed E-state index contributed by atoms with van der Waals surface area (Å²) in [5.74, 6) is -2.07. The largest absolute Gasteiger partial charge is 0.369 e. The SMILES string of the molecule is COC1(OC)CC(C(N)=O)(c2ccc(CNS(=O)O)c(F)c2)C1. The molecular weight excluding hydrogens is 327 g/mol. The summed E-state index contributed by atoms with van der Waals surface area (Å²) in [6.45, 7) is -0.112. The number of carbonyl (C=O) groups excluding carboxylic acids is 1. The zero-order valence-corrected chi connectivity index (χ0v) is 13.6. The lowest BCUT2D eigenvalue weighted by atomic mass is 9.60. The van der Waals surface area contributed by atoms with Crippen LogP contribution in [0, 0.1) is 5.82 Å². The van der Waals surface area contributed by atoms with Gasteiger partial charge in [-0.2, -0.15) is 0 Å². The lowest BCUT2D eigenvalue weighted by molar-refractivity contribution is -0.274. The van der Waals surface area contributed by atoms with Crippen LogP contribution in [-0.2, 0) is 37.5 Å². The van der Waals surface area contributed by atoms with Crippen molar-refractivity contribution in [2.75, 3.05) is 14.2 Å². The van der Waals surface area contributed by atoms with Crippen LogP contribution in [0.25, 0.3) is 0 Å². The molecule has 9 heteroatoms. The minimum atomic E-state index is -2.23. The maximum absolute atomic E-state index is 14.2. The molecule has 7 nitrogen and oxygen atoms in total. The fourth-order valence-corrected chi connectivity index (χ4v) is 3.17. The molecule has 1 amide bonds. The number of carbonyl (C=O) groups is 1. The maximum Gasteiger partial charge on any atom is 0.232 e. The van der Waals surface area contributed by atoms with Gasteiger partial charge in [0.05, 0.1) is 5.41 Å². The smallest absolute Gasteiger partial charge is 0.232 e.